The number of carbonyl (C=O) groups excluding carboxylic acids is 3. The quantitative estimate of drug-likeness (QED) is 0.548. The molecule has 22 heavy (non-hydrogen) atoms. The van der Waals surface area contributed by atoms with E-state index in [0.717, 1.165) is 11.8 Å². The summed E-state index contributed by atoms with van der Waals surface area (Å²) in [5.74, 6) is -0.816. The Morgan fingerprint density at radius 2 is 1.95 bits per heavy atom. The van der Waals surface area contributed by atoms with Crippen LogP contribution in [-0.4, -0.2) is 34.9 Å². The zero-order valence-corrected chi connectivity index (χ0v) is 14.5. The molecule has 0 aliphatic heterocycles. The van der Waals surface area contributed by atoms with Gasteiger partial charge >= 0.3 is 5.97 Å². The van der Waals surface area contributed by atoms with Crippen molar-refractivity contribution in [2.45, 2.75) is 51.7 Å². The number of rotatable bonds is 8. The Labute approximate surface area is 136 Å². The molecule has 1 unspecified atom stereocenters. The number of thioether (sulfide) groups is 1. The summed E-state index contributed by atoms with van der Waals surface area (Å²) in [7, 11) is 0. The van der Waals surface area contributed by atoms with E-state index < -0.39 is 17.6 Å². The van der Waals surface area contributed by atoms with Crippen molar-refractivity contribution in [3.63, 3.8) is 0 Å². The molecule has 0 aliphatic carbocycles. The normalized spacial score (nSPS) is 12.7. The van der Waals surface area contributed by atoms with Crippen molar-refractivity contribution >= 4 is 28.8 Å². The zero-order valence-electron chi connectivity index (χ0n) is 13.7. The smallest absolute Gasteiger partial charge is 0.333 e. The molecule has 0 aromatic carbocycles. The lowest BCUT2D eigenvalue weighted by molar-refractivity contribution is -0.157. The fraction of sp³-hybridized carbons (Fsp3) is 0.562. The summed E-state index contributed by atoms with van der Waals surface area (Å²) in [6.45, 7) is 8.81. The maximum Gasteiger partial charge on any atom is 0.333 e. The van der Waals surface area contributed by atoms with E-state index in [2.05, 4.69) is 11.9 Å². The van der Waals surface area contributed by atoms with Crippen LogP contribution in [0.5, 0.6) is 0 Å². The maximum absolute atomic E-state index is 12.1. The Bertz CT molecular complexity index is 438. The van der Waals surface area contributed by atoms with Crippen LogP contribution in [0.4, 0.5) is 0 Å². The molecule has 0 heterocycles. The van der Waals surface area contributed by atoms with Gasteiger partial charge in [0.2, 0.25) is 5.91 Å². The topological polar surface area (TPSA) is 72.5 Å². The van der Waals surface area contributed by atoms with Crippen molar-refractivity contribution in [1.29, 1.82) is 0 Å². The molecule has 0 spiro atoms. The predicted octanol–water partition coefficient (Wildman–Crippen LogP) is 2.62. The Morgan fingerprint density at radius 3 is 2.45 bits per heavy atom. The summed E-state index contributed by atoms with van der Waals surface area (Å²) in [6, 6.07) is -0.897. The lowest BCUT2D eigenvalue weighted by Crippen LogP contribution is -2.42. The Balaban J connectivity index is 4.82. The number of hydrogen-bond acceptors (Lipinski definition) is 5. The molecule has 0 aromatic rings. The van der Waals surface area contributed by atoms with Crippen molar-refractivity contribution in [3.8, 4) is 0 Å². The van der Waals surface area contributed by atoms with Crippen LogP contribution < -0.4 is 5.32 Å². The Kier molecular flexibility index (Phi) is 9.49. The van der Waals surface area contributed by atoms with E-state index in [0.29, 0.717) is 6.42 Å². The number of ether oxygens (including phenoxy) is 1. The molecule has 0 aromatic heterocycles. The van der Waals surface area contributed by atoms with Crippen LogP contribution in [-0.2, 0) is 19.1 Å². The minimum absolute atomic E-state index is 0.0165. The van der Waals surface area contributed by atoms with E-state index in [4.69, 9.17) is 4.74 Å². The molecule has 0 aliphatic rings. The van der Waals surface area contributed by atoms with Crippen molar-refractivity contribution in [3.05, 3.63) is 24.8 Å². The summed E-state index contributed by atoms with van der Waals surface area (Å²) in [4.78, 5) is 35.1. The van der Waals surface area contributed by atoms with Crippen LogP contribution in [0.3, 0.4) is 0 Å². The third kappa shape index (κ3) is 10.2. The summed E-state index contributed by atoms with van der Waals surface area (Å²) in [5, 5.41) is 2.58. The van der Waals surface area contributed by atoms with E-state index in [1.165, 1.54) is 6.08 Å². The first-order valence-electron chi connectivity index (χ1n) is 7.06. The predicted molar refractivity (Wildman–Crippen MR) is 89.5 cm³/mol. The average molecular weight is 327 g/mol. The largest absolute Gasteiger partial charge is 0.458 e. The fourth-order valence-corrected chi connectivity index (χ4v) is 1.68. The van der Waals surface area contributed by atoms with Crippen LogP contribution >= 0.6 is 11.8 Å². The van der Waals surface area contributed by atoms with Gasteiger partial charge in [-0.2, -0.15) is 0 Å². The van der Waals surface area contributed by atoms with Gasteiger partial charge in [0.05, 0.1) is 0 Å². The van der Waals surface area contributed by atoms with Gasteiger partial charge in [0.25, 0.3) is 0 Å². The highest BCUT2D eigenvalue weighted by molar-refractivity contribution is 8.13. The molecule has 1 atom stereocenters. The number of carbonyl (C=O) groups is 3. The molecule has 124 valence electrons. The van der Waals surface area contributed by atoms with Crippen LogP contribution in [0, 0.1) is 0 Å². The van der Waals surface area contributed by atoms with Gasteiger partial charge in [-0.05, 0) is 33.4 Å². The molecule has 5 nitrogen and oxygen atoms in total. The summed E-state index contributed by atoms with van der Waals surface area (Å²) in [6.07, 6.45) is 7.37. The first-order valence-corrected chi connectivity index (χ1v) is 8.28. The fourth-order valence-electron chi connectivity index (χ4n) is 1.41. The van der Waals surface area contributed by atoms with Crippen LogP contribution in [0.1, 0.15) is 40.0 Å². The molecule has 0 fully saturated rings. The SMILES string of the molecule is C=CCCC(=O)NC(C=CCC(=O)SC)C(=O)OC(C)(C)C. The highest BCUT2D eigenvalue weighted by Gasteiger charge is 2.24. The van der Waals surface area contributed by atoms with Gasteiger partial charge in [-0.25, -0.2) is 4.79 Å². The van der Waals surface area contributed by atoms with Gasteiger partial charge in [0.15, 0.2) is 5.12 Å². The van der Waals surface area contributed by atoms with Crippen molar-refractivity contribution < 1.29 is 19.1 Å². The monoisotopic (exact) mass is 327 g/mol. The van der Waals surface area contributed by atoms with Gasteiger partial charge in [0, 0.05) is 12.8 Å². The zero-order chi connectivity index (χ0) is 17.2. The van der Waals surface area contributed by atoms with Crippen LogP contribution in [0.25, 0.3) is 0 Å². The second-order valence-electron chi connectivity index (χ2n) is 5.61. The van der Waals surface area contributed by atoms with Gasteiger partial charge in [-0.1, -0.05) is 30.0 Å². The third-order valence-corrected chi connectivity index (χ3v) is 3.02. The highest BCUT2D eigenvalue weighted by atomic mass is 32.2. The van der Waals surface area contributed by atoms with Gasteiger partial charge in [-0.3, -0.25) is 9.59 Å². The molecular weight excluding hydrogens is 302 g/mol. The molecule has 0 saturated carbocycles. The molecular formula is C16H25NO4S. The standard InChI is InChI=1S/C16H25NO4S/c1-6-7-10-13(18)17-12(9-8-11-14(19)22-5)15(20)21-16(2,3)4/h6,8-9,12H,1,7,10-11H2,2-5H3,(H,17,18). The summed E-state index contributed by atoms with van der Waals surface area (Å²) in [5.41, 5.74) is -0.649. The van der Waals surface area contributed by atoms with E-state index in [1.807, 2.05) is 0 Å². The highest BCUT2D eigenvalue weighted by Crippen LogP contribution is 2.10. The molecule has 0 rings (SSSR count). The number of hydrogen-bond donors (Lipinski definition) is 1. The van der Waals surface area contributed by atoms with Gasteiger partial charge in [0.1, 0.15) is 11.6 Å². The van der Waals surface area contributed by atoms with Crippen molar-refractivity contribution in [1.82, 2.24) is 5.32 Å². The molecule has 1 N–H and O–H groups in total. The summed E-state index contributed by atoms with van der Waals surface area (Å²) >= 11 is 1.12. The van der Waals surface area contributed by atoms with E-state index in [9.17, 15) is 14.4 Å². The Hall–Kier alpha value is -1.56. The maximum atomic E-state index is 12.1. The average Bonchev–Trinajstić information content (AvgIpc) is 2.41. The molecule has 0 saturated heterocycles. The first kappa shape index (κ1) is 20.4. The Morgan fingerprint density at radius 1 is 1.32 bits per heavy atom. The van der Waals surface area contributed by atoms with Crippen molar-refractivity contribution in [2.75, 3.05) is 6.26 Å². The first-order chi connectivity index (χ1) is 10.2. The minimum Gasteiger partial charge on any atom is -0.458 e. The number of esters is 1. The number of nitrogens with one attached hydrogen (secondary N) is 1. The van der Waals surface area contributed by atoms with Gasteiger partial charge in [-0.15, -0.1) is 6.58 Å². The summed E-state index contributed by atoms with van der Waals surface area (Å²) < 4.78 is 5.27. The van der Waals surface area contributed by atoms with Crippen LogP contribution in [0.2, 0.25) is 0 Å². The second-order valence-corrected chi connectivity index (χ2v) is 6.48. The number of allylic oxidation sites excluding steroid dienone is 2. The lowest BCUT2D eigenvalue weighted by atomic mass is 10.1. The second kappa shape index (κ2) is 10.2. The van der Waals surface area contributed by atoms with Crippen LogP contribution in [0.15, 0.2) is 24.8 Å². The molecule has 6 heteroatoms. The van der Waals surface area contributed by atoms with Crippen molar-refractivity contribution in [2.24, 2.45) is 0 Å². The number of amides is 1. The van der Waals surface area contributed by atoms with Gasteiger partial charge < -0.3 is 10.1 Å². The lowest BCUT2D eigenvalue weighted by Gasteiger charge is -2.23. The van der Waals surface area contributed by atoms with E-state index >= 15 is 0 Å². The molecule has 0 radical (unpaired) electrons. The van der Waals surface area contributed by atoms with E-state index in [1.54, 1.807) is 39.2 Å². The third-order valence-electron chi connectivity index (χ3n) is 2.39. The minimum atomic E-state index is -0.897. The molecule has 0 bridgehead atoms. The van der Waals surface area contributed by atoms with E-state index in [-0.39, 0.29) is 23.9 Å². The molecule has 1 amide bonds.